The van der Waals surface area contributed by atoms with Crippen LogP contribution in [0.2, 0.25) is 0 Å². The maximum atomic E-state index is 13.6. The molecule has 2 amide bonds. The van der Waals surface area contributed by atoms with Gasteiger partial charge in [0.2, 0.25) is 11.8 Å². The molecule has 2 aliphatic carbocycles. The van der Waals surface area contributed by atoms with Crippen molar-refractivity contribution in [3.63, 3.8) is 0 Å². The van der Waals surface area contributed by atoms with Crippen LogP contribution in [0.5, 0.6) is 0 Å². The second-order valence-electron chi connectivity index (χ2n) is 11.0. The number of nitrogens with zero attached hydrogens (tertiary/aromatic N) is 2. The molecule has 2 saturated heterocycles. The summed E-state index contributed by atoms with van der Waals surface area (Å²) in [6, 6.07) is 6.53. The fraction of sp³-hybridized carbons (Fsp3) is 0.704. The van der Waals surface area contributed by atoms with Crippen LogP contribution in [0.25, 0.3) is 0 Å². The average Bonchev–Trinajstić information content (AvgIpc) is 3.45. The van der Waals surface area contributed by atoms with Gasteiger partial charge < -0.3 is 20.2 Å². The van der Waals surface area contributed by atoms with E-state index < -0.39 is 0 Å². The molecule has 6 heteroatoms. The number of benzene rings is 1. The molecule has 4 aliphatic rings. The lowest BCUT2D eigenvalue weighted by Crippen LogP contribution is -2.50. The molecule has 0 aromatic heterocycles. The van der Waals surface area contributed by atoms with E-state index in [1.54, 1.807) is 0 Å². The normalized spacial score (nSPS) is 30.9. The first-order valence-corrected chi connectivity index (χ1v) is 13.1. The molecule has 33 heavy (non-hydrogen) atoms. The van der Waals surface area contributed by atoms with Gasteiger partial charge >= 0.3 is 0 Å². The predicted molar refractivity (Wildman–Crippen MR) is 130 cm³/mol. The van der Waals surface area contributed by atoms with Crippen molar-refractivity contribution in [2.24, 2.45) is 11.3 Å². The molecule has 1 unspecified atom stereocenters. The third-order valence-corrected chi connectivity index (χ3v) is 8.76. The molecule has 2 aliphatic heterocycles. The van der Waals surface area contributed by atoms with E-state index in [0.29, 0.717) is 11.9 Å². The van der Waals surface area contributed by atoms with Crippen molar-refractivity contribution < 1.29 is 14.7 Å². The van der Waals surface area contributed by atoms with Crippen molar-refractivity contribution >= 4 is 23.2 Å². The number of anilines is 2. The molecule has 0 radical (unpaired) electrons. The van der Waals surface area contributed by atoms with Gasteiger partial charge in [-0.05, 0) is 88.5 Å². The predicted octanol–water partition coefficient (Wildman–Crippen LogP) is 4.25. The molecule has 1 spiro atoms. The summed E-state index contributed by atoms with van der Waals surface area (Å²) in [5.74, 6) is 0.658. The van der Waals surface area contributed by atoms with Gasteiger partial charge in [0.25, 0.3) is 0 Å². The van der Waals surface area contributed by atoms with Crippen LogP contribution in [-0.4, -0.2) is 53.6 Å². The van der Waals surface area contributed by atoms with E-state index in [1.165, 1.54) is 5.69 Å². The van der Waals surface area contributed by atoms with Crippen LogP contribution < -0.4 is 10.2 Å². The zero-order valence-corrected chi connectivity index (χ0v) is 20.0. The Labute approximate surface area is 197 Å². The number of rotatable bonds is 4. The quantitative estimate of drug-likeness (QED) is 0.715. The Morgan fingerprint density at radius 3 is 2.52 bits per heavy atom. The standard InChI is InChI=1S/C27H39N3O3/c1-19-17-21(28-25(32)20-5-2-3-6-20)7-12-24(19)29-15-4-13-27(18-29)14-16-30(26(27)33)22-8-10-23(31)11-9-22/h7,12,17,20,22-23,31H,2-6,8-11,13-16,18H2,1H3,(H,28,32). The minimum absolute atomic E-state index is 0.156. The maximum absolute atomic E-state index is 13.6. The van der Waals surface area contributed by atoms with Crippen molar-refractivity contribution in [1.29, 1.82) is 0 Å². The van der Waals surface area contributed by atoms with Crippen molar-refractivity contribution in [2.45, 2.75) is 89.7 Å². The summed E-state index contributed by atoms with van der Waals surface area (Å²) in [5, 5.41) is 13.0. The fourth-order valence-electron chi connectivity index (χ4n) is 6.80. The van der Waals surface area contributed by atoms with Crippen LogP contribution in [-0.2, 0) is 9.59 Å². The molecule has 1 atom stereocenters. The van der Waals surface area contributed by atoms with Crippen LogP contribution in [0.3, 0.4) is 0 Å². The Balaban J connectivity index is 1.26. The summed E-state index contributed by atoms with van der Waals surface area (Å²) in [5.41, 5.74) is 2.94. The summed E-state index contributed by atoms with van der Waals surface area (Å²) in [7, 11) is 0. The highest BCUT2D eigenvalue weighted by molar-refractivity contribution is 5.93. The second kappa shape index (κ2) is 9.28. The molecule has 1 aromatic carbocycles. The summed E-state index contributed by atoms with van der Waals surface area (Å²) in [4.78, 5) is 30.7. The number of hydrogen-bond donors (Lipinski definition) is 2. The highest BCUT2D eigenvalue weighted by Crippen LogP contribution is 2.44. The number of aliphatic hydroxyl groups excluding tert-OH is 1. The van der Waals surface area contributed by atoms with Gasteiger partial charge in [0.05, 0.1) is 11.5 Å². The first-order valence-electron chi connectivity index (χ1n) is 13.1. The number of nitrogens with one attached hydrogen (secondary N) is 1. The first kappa shape index (κ1) is 22.7. The smallest absolute Gasteiger partial charge is 0.230 e. The number of aryl methyl sites for hydroxylation is 1. The van der Waals surface area contributed by atoms with E-state index in [2.05, 4.69) is 34.2 Å². The Bertz CT molecular complexity index is 889. The molecule has 2 N–H and O–H groups in total. The van der Waals surface area contributed by atoms with Gasteiger partial charge in [-0.2, -0.15) is 0 Å². The lowest BCUT2D eigenvalue weighted by Gasteiger charge is -2.42. The van der Waals surface area contributed by atoms with Crippen LogP contribution >= 0.6 is 0 Å². The van der Waals surface area contributed by atoms with Crippen molar-refractivity contribution in [1.82, 2.24) is 4.90 Å². The average molecular weight is 454 g/mol. The lowest BCUT2D eigenvalue weighted by atomic mass is 9.78. The molecular weight excluding hydrogens is 414 g/mol. The van der Waals surface area contributed by atoms with E-state index in [1.807, 2.05) is 6.07 Å². The number of piperidine rings is 1. The molecule has 6 nitrogen and oxygen atoms in total. The highest BCUT2D eigenvalue weighted by Gasteiger charge is 2.50. The third kappa shape index (κ3) is 4.51. The maximum Gasteiger partial charge on any atom is 0.230 e. The minimum Gasteiger partial charge on any atom is -0.393 e. The highest BCUT2D eigenvalue weighted by atomic mass is 16.3. The van der Waals surface area contributed by atoms with Crippen LogP contribution in [0.1, 0.15) is 76.2 Å². The Hall–Kier alpha value is -2.08. The summed E-state index contributed by atoms with van der Waals surface area (Å²) < 4.78 is 0. The van der Waals surface area contributed by atoms with Crippen LogP contribution in [0, 0.1) is 18.3 Å². The summed E-state index contributed by atoms with van der Waals surface area (Å²) in [6.07, 6.45) is 10.6. The van der Waals surface area contributed by atoms with Gasteiger partial charge in [-0.15, -0.1) is 0 Å². The largest absolute Gasteiger partial charge is 0.393 e. The monoisotopic (exact) mass is 453 g/mol. The van der Waals surface area contributed by atoms with Gasteiger partial charge in [-0.25, -0.2) is 0 Å². The van der Waals surface area contributed by atoms with Gasteiger partial charge in [0.1, 0.15) is 0 Å². The van der Waals surface area contributed by atoms with E-state index in [4.69, 9.17) is 0 Å². The molecule has 4 fully saturated rings. The minimum atomic E-state index is -0.268. The second-order valence-corrected chi connectivity index (χ2v) is 11.0. The summed E-state index contributed by atoms with van der Waals surface area (Å²) in [6.45, 7) is 4.72. The van der Waals surface area contributed by atoms with Gasteiger partial charge in [0, 0.05) is 43.0 Å². The molecule has 0 bridgehead atoms. The van der Waals surface area contributed by atoms with E-state index in [9.17, 15) is 14.7 Å². The number of hydrogen-bond acceptors (Lipinski definition) is 4. The molecule has 180 valence electrons. The lowest BCUT2D eigenvalue weighted by molar-refractivity contribution is -0.139. The Morgan fingerprint density at radius 2 is 1.79 bits per heavy atom. The van der Waals surface area contributed by atoms with Gasteiger partial charge in [0.15, 0.2) is 0 Å². The molecule has 1 aromatic rings. The Morgan fingerprint density at radius 1 is 1.03 bits per heavy atom. The van der Waals surface area contributed by atoms with Crippen LogP contribution in [0.4, 0.5) is 11.4 Å². The molecular formula is C27H39N3O3. The fourth-order valence-corrected chi connectivity index (χ4v) is 6.80. The number of aliphatic hydroxyl groups is 1. The number of carbonyl (C=O) groups is 2. The first-order chi connectivity index (χ1) is 15.9. The zero-order chi connectivity index (χ0) is 23.0. The van der Waals surface area contributed by atoms with Crippen molar-refractivity contribution in [3.05, 3.63) is 23.8 Å². The molecule has 2 saturated carbocycles. The van der Waals surface area contributed by atoms with Gasteiger partial charge in [-0.3, -0.25) is 9.59 Å². The van der Waals surface area contributed by atoms with Crippen molar-refractivity contribution in [2.75, 3.05) is 29.9 Å². The molecule has 5 rings (SSSR count). The Kier molecular flexibility index (Phi) is 6.39. The van der Waals surface area contributed by atoms with Crippen LogP contribution in [0.15, 0.2) is 18.2 Å². The van der Waals surface area contributed by atoms with E-state index in [-0.39, 0.29) is 23.3 Å². The number of amides is 2. The van der Waals surface area contributed by atoms with Crippen molar-refractivity contribution in [3.8, 4) is 0 Å². The topological polar surface area (TPSA) is 72.9 Å². The molecule has 2 heterocycles. The summed E-state index contributed by atoms with van der Waals surface area (Å²) >= 11 is 0. The number of carbonyl (C=O) groups excluding carboxylic acids is 2. The van der Waals surface area contributed by atoms with E-state index in [0.717, 1.165) is 102 Å². The third-order valence-electron chi connectivity index (χ3n) is 8.76. The van der Waals surface area contributed by atoms with Gasteiger partial charge in [-0.1, -0.05) is 12.8 Å². The zero-order valence-electron chi connectivity index (χ0n) is 20.0. The SMILES string of the molecule is Cc1cc(NC(=O)C2CCCC2)ccc1N1CCCC2(CCN(C3CCC(O)CC3)C2=O)C1. The number of likely N-dealkylation sites (tertiary alicyclic amines) is 1. The van der Waals surface area contributed by atoms with E-state index >= 15 is 0 Å².